The van der Waals surface area contributed by atoms with Crippen LogP contribution < -0.4 is 10.2 Å². The summed E-state index contributed by atoms with van der Waals surface area (Å²) in [5, 5.41) is 3.07. The second-order valence-electron chi connectivity index (χ2n) is 7.27. The van der Waals surface area contributed by atoms with Crippen molar-refractivity contribution in [1.29, 1.82) is 0 Å². The molecule has 1 unspecified atom stereocenters. The minimum absolute atomic E-state index is 0.0816. The van der Waals surface area contributed by atoms with Gasteiger partial charge in [0.25, 0.3) is 0 Å². The molecule has 2 aliphatic heterocycles. The first-order chi connectivity index (χ1) is 13.3. The predicted octanol–water partition coefficient (Wildman–Crippen LogP) is 2.66. The summed E-state index contributed by atoms with van der Waals surface area (Å²) < 4.78 is 5.58. The highest BCUT2D eigenvalue weighted by atomic mass is 16.5. The number of nitrogens with zero attached hydrogens (tertiary/aromatic N) is 3. The van der Waals surface area contributed by atoms with Gasteiger partial charge >= 0.3 is 0 Å². The zero-order valence-electron chi connectivity index (χ0n) is 15.5. The average molecular weight is 366 g/mol. The third-order valence-electron chi connectivity index (χ3n) is 5.44. The highest BCUT2D eigenvalue weighted by Crippen LogP contribution is 2.25. The number of carbonyl (C=O) groups is 1. The van der Waals surface area contributed by atoms with E-state index >= 15 is 0 Å². The van der Waals surface area contributed by atoms with Crippen molar-refractivity contribution in [1.82, 2.24) is 15.3 Å². The number of amides is 1. The fourth-order valence-electron chi connectivity index (χ4n) is 3.82. The minimum Gasteiger partial charge on any atom is -0.376 e. The number of carbonyl (C=O) groups excluding carboxylic acids is 1. The molecule has 0 aliphatic carbocycles. The Hall–Kier alpha value is -2.47. The van der Waals surface area contributed by atoms with E-state index < -0.39 is 0 Å². The number of benzene rings is 1. The number of hydrogen-bond acceptors (Lipinski definition) is 5. The number of piperidine rings is 1. The van der Waals surface area contributed by atoms with Gasteiger partial charge in [0, 0.05) is 43.8 Å². The molecular formula is C21H26N4O2. The van der Waals surface area contributed by atoms with Gasteiger partial charge in [-0.1, -0.05) is 30.3 Å². The van der Waals surface area contributed by atoms with E-state index in [0.29, 0.717) is 6.54 Å². The van der Waals surface area contributed by atoms with Crippen molar-refractivity contribution in [3.8, 4) is 11.3 Å². The molecule has 0 bridgehead atoms. The number of hydrogen-bond donors (Lipinski definition) is 1. The lowest BCUT2D eigenvalue weighted by atomic mass is 9.95. The van der Waals surface area contributed by atoms with E-state index in [2.05, 4.69) is 32.3 Å². The Balaban J connectivity index is 1.32. The van der Waals surface area contributed by atoms with Gasteiger partial charge in [-0.2, -0.15) is 0 Å². The third-order valence-corrected chi connectivity index (χ3v) is 5.44. The maximum absolute atomic E-state index is 12.4. The largest absolute Gasteiger partial charge is 0.376 e. The summed E-state index contributed by atoms with van der Waals surface area (Å²) in [6.07, 6.45) is 5.67. The molecule has 4 rings (SSSR count). The van der Waals surface area contributed by atoms with E-state index in [-0.39, 0.29) is 17.9 Å². The molecule has 0 spiro atoms. The molecule has 3 heterocycles. The van der Waals surface area contributed by atoms with Crippen LogP contribution in [0.2, 0.25) is 0 Å². The zero-order valence-corrected chi connectivity index (χ0v) is 15.5. The molecule has 1 aromatic carbocycles. The van der Waals surface area contributed by atoms with E-state index in [1.54, 1.807) is 6.33 Å². The molecule has 2 saturated heterocycles. The van der Waals surface area contributed by atoms with Gasteiger partial charge in [-0.15, -0.1) is 0 Å². The van der Waals surface area contributed by atoms with Crippen molar-refractivity contribution in [2.45, 2.75) is 31.8 Å². The molecular weight excluding hydrogens is 340 g/mol. The zero-order chi connectivity index (χ0) is 18.5. The Morgan fingerprint density at radius 3 is 2.70 bits per heavy atom. The number of aromatic nitrogens is 2. The highest BCUT2D eigenvalue weighted by Gasteiger charge is 2.26. The van der Waals surface area contributed by atoms with Gasteiger partial charge in [0.2, 0.25) is 5.91 Å². The first-order valence-corrected chi connectivity index (χ1v) is 9.81. The lowest BCUT2D eigenvalue weighted by Gasteiger charge is -2.32. The number of anilines is 1. The lowest BCUT2D eigenvalue weighted by molar-refractivity contribution is -0.126. The molecule has 1 amide bonds. The minimum atomic E-state index is 0.0816. The van der Waals surface area contributed by atoms with Crippen molar-refractivity contribution in [2.75, 3.05) is 31.1 Å². The summed E-state index contributed by atoms with van der Waals surface area (Å²) in [6, 6.07) is 12.2. The van der Waals surface area contributed by atoms with Crippen molar-refractivity contribution in [2.24, 2.45) is 5.92 Å². The number of rotatable bonds is 5. The van der Waals surface area contributed by atoms with Gasteiger partial charge in [-0.05, 0) is 25.7 Å². The molecule has 1 atom stereocenters. The normalized spacial score (nSPS) is 20.6. The van der Waals surface area contributed by atoms with Gasteiger partial charge in [0.15, 0.2) is 0 Å². The fourth-order valence-corrected chi connectivity index (χ4v) is 3.82. The van der Waals surface area contributed by atoms with E-state index in [4.69, 9.17) is 4.74 Å². The SMILES string of the molecule is O=C(NCC1CCCO1)C1CCN(c2cc(-c3ccccc3)ncn2)CC1. The molecule has 2 aliphatic rings. The molecule has 142 valence electrons. The first kappa shape index (κ1) is 17.9. The van der Waals surface area contributed by atoms with Crippen LogP contribution in [0.15, 0.2) is 42.7 Å². The topological polar surface area (TPSA) is 67.3 Å². The van der Waals surface area contributed by atoms with Crippen LogP contribution in [-0.4, -0.2) is 48.2 Å². The van der Waals surface area contributed by atoms with Crippen molar-refractivity contribution >= 4 is 11.7 Å². The maximum Gasteiger partial charge on any atom is 0.223 e. The van der Waals surface area contributed by atoms with Crippen molar-refractivity contribution in [3.05, 3.63) is 42.7 Å². The van der Waals surface area contributed by atoms with Gasteiger partial charge in [0.05, 0.1) is 11.8 Å². The molecule has 6 heteroatoms. The molecule has 2 fully saturated rings. The Morgan fingerprint density at radius 1 is 1.15 bits per heavy atom. The highest BCUT2D eigenvalue weighted by molar-refractivity contribution is 5.79. The second-order valence-corrected chi connectivity index (χ2v) is 7.27. The van der Waals surface area contributed by atoms with Crippen LogP contribution in [0.4, 0.5) is 5.82 Å². The molecule has 6 nitrogen and oxygen atoms in total. The van der Waals surface area contributed by atoms with Crippen molar-refractivity contribution < 1.29 is 9.53 Å². The predicted molar refractivity (Wildman–Crippen MR) is 104 cm³/mol. The van der Waals surface area contributed by atoms with E-state index in [1.807, 2.05) is 24.3 Å². The summed E-state index contributed by atoms with van der Waals surface area (Å²) >= 11 is 0. The maximum atomic E-state index is 12.4. The van der Waals surface area contributed by atoms with Crippen LogP contribution in [-0.2, 0) is 9.53 Å². The van der Waals surface area contributed by atoms with Gasteiger partial charge in [-0.25, -0.2) is 9.97 Å². The van der Waals surface area contributed by atoms with E-state index in [9.17, 15) is 4.79 Å². The summed E-state index contributed by atoms with van der Waals surface area (Å²) in [4.78, 5) is 23.5. The van der Waals surface area contributed by atoms with Crippen molar-refractivity contribution in [3.63, 3.8) is 0 Å². The Bertz CT molecular complexity index is 754. The first-order valence-electron chi connectivity index (χ1n) is 9.81. The number of nitrogens with one attached hydrogen (secondary N) is 1. The van der Waals surface area contributed by atoms with Crippen LogP contribution in [0.1, 0.15) is 25.7 Å². The third kappa shape index (κ3) is 4.45. The Kier molecular flexibility index (Phi) is 5.63. The van der Waals surface area contributed by atoms with Gasteiger partial charge in [0.1, 0.15) is 12.1 Å². The lowest BCUT2D eigenvalue weighted by Crippen LogP contribution is -2.42. The summed E-state index contributed by atoms with van der Waals surface area (Å²) in [5.74, 6) is 1.18. The molecule has 0 saturated carbocycles. The summed E-state index contributed by atoms with van der Waals surface area (Å²) in [7, 11) is 0. The smallest absolute Gasteiger partial charge is 0.223 e. The van der Waals surface area contributed by atoms with Crippen LogP contribution >= 0.6 is 0 Å². The number of ether oxygens (including phenoxy) is 1. The summed E-state index contributed by atoms with van der Waals surface area (Å²) in [6.45, 7) is 3.14. The molecule has 2 aromatic rings. The molecule has 27 heavy (non-hydrogen) atoms. The quantitative estimate of drug-likeness (QED) is 0.881. The summed E-state index contributed by atoms with van der Waals surface area (Å²) in [5.41, 5.74) is 2.02. The van der Waals surface area contributed by atoms with E-state index in [1.165, 1.54) is 0 Å². The fraction of sp³-hybridized carbons (Fsp3) is 0.476. The molecule has 1 aromatic heterocycles. The Labute approximate surface area is 160 Å². The van der Waals surface area contributed by atoms with Crippen LogP contribution in [0.3, 0.4) is 0 Å². The second kappa shape index (κ2) is 8.48. The van der Waals surface area contributed by atoms with Crippen LogP contribution in [0, 0.1) is 5.92 Å². The van der Waals surface area contributed by atoms with Gasteiger partial charge < -0.3 is 15.0 Å². The standard InChI is InChI=1S/C21H26N4O2/c26-21(22-14-18-7-4-12-27-18)17-8-10-25(11-9-17)20-13-19(23-15-24-20)16-5-2-1-3-6-16/h1-3,5-6,13,15,17-18H,4,7-12,14H2,(H,22,26). The van der Waals surface area contributed by atoms with Crippen LogP contribution in [0.5, 0.6) is 0 Å². The Morgan fingerprint density at radius 2 is 1.96 bits per heavy atom. The van der Waals surface area contributed by atoms with E-state index in [0.717, 1.165) is 62.5 Å². The van der Waals surface area contributed by atoms with Crippen LogP contribution in [0.25, 0.3) is 11.3 Å². The molecule has 1 N–H and O–H groups in total. The monoisotopic (exact) mass is 366 g/mol. The van der Waals surface area contributed by atoms with Gasteiger partial charge in [-0.3, -0.25) is 4.79 Å². The molecule has 0 radical (unpaired) electrons. The average Bonchev–Trinajstić information content (AvgIpc) is 3.27.